The van der Waals surface area contributed by atoms with Gasteiger partial charge in [-0.05, 0) is 49.9 Å². The molecule has 1 aliphatic heterocycles. The maximum Gasteiger partial charge on any atom is 0.352 e. The minimum atomic E-state index is -0.369. The fourth-order valence-electron chi connectivity index (χ4n) is 3.69. The number of nitrogens with one attached hydrogen (secondary N) is 1. The zero-order valence-corrected chi connectivity index (χ0v) is 16.9. The summed E-state index contributed by atoms with van der Waals surface area (Å²) in [6.45, 7) is 5.72. The number of rotatable bonds is 4. The minimum Gasteiger partial charge on any atom is -0.356 e. The van der Waals surface area contributed by atoms with Gasteiger partial charge < -0.3 is 10.2 Å². The first-order valence-electron chi connectivity index (χ1n) is 10.1. The minimum absolute atomic E-state index is 0.158. The largest absolute Gasteiger partial charge is 0.356 e. The third-order valence-corrected chi connectivity index (χ3v) is 5.54. The summed E-state index contributed by atoms with van der Waals surface area (Å²) >= 11 is 0. The number of carbonyl (C=O) groups is 1. The van der Waals surface area contributed by atoms with E-state index >= 15 is 0 Å². The van der Waals surface area contributed by atoms with Crippen molar-refractivity contribution in [1.82, 2.24) is 19.2 Å². The molecule has 2 aromatic heterocycles. The molecule has 1 N–H and O–H groups in total. The summed E-state index contributed by atoms with van der Waals surface area (Å²) in [7, 11) is 0. The number of hydrogen-bond acceptors (Lipinski definition) is 5. The average Bonchev–Trinajstić information content (AvgIpc) is 2.89. The highest BCUT2D eigenvalue weighted by molar-refractivity contribution is 5.91. The second-order valence-electron chi connectivity index (χ2n) is 7.59. The van der Waals surface area contributed by atoms with Crippen molar-refractivity contribution in [2.24, 2.45) is 0 Å². The van der Waals surface area contributed by atoms with Crippen molar-refractivity contribution in [2.45, 2.75) is 46.1 Å². The molecule has 0 aliphatic carbocycles. The van der Waals surface area contributed by atoms with Gasteiger partial charge >= 0.3 is 5.69 Å². The van der Waals surface area contributed by atoms with E-state index in [0.29, 0.717) is 5.78 Å². The number of carbonyl (C=O) groups excluding carboxylic acids is 1. The molecule has 0 bridgehead atoms. The molecule has 3 aromatic rings. The highest BCUT2D eigenvalue weighted by Crippen LogP contribution is 2.18. The van der Waals surface area contributed by atoms with Crippen LogP contribution in [0.15, 0.2) is 35.3 Å². The first-order chi connectivity index (χ1) is 14.0. The van der Waals surface area contributed by atoms with E-state index in [2.05, 4.69) is 20.3 Å². The summed E-state index contributed by atoms with van der Waals surface area (Å²) in [5.74, 6) is 0.851. The molecule has 152 valence electrons. The summed E-state index contributed by atoms with van der Waals surface area (Å²) in [5.41, 5.74) is 2.48. The van der Waals surface area contributed by atoms with Gasteiger partial charge in [-0.15, -0.1) is 5.10 Å². The third-order valence-electron chi connectivity index (χ3n) is 5.54. The van der Waals surface area contributed by atoms with E-state index in [9.17, 15) is 9.59 Å². The Morgan fingerprint density at radius 3 is 2.62 bits per heavy atom. The Labute approximate surface area is 169 Å². The number of benzene rings is 1. The van der Waals surface area contributed by atoms with E-state index in [-0.39, 0.29) is 18.1 Å². The highest BCUT2D eigenvalue weighted by Gasteiger charge is 2.16. The number of hydrogen-bond donors (Lipinski definition) is 1. The predicted molar refractivity (Wildman–Crippen MR) is 112 cm³/mol. The first-order valence-corrected chi connectivity index (χ1v) is 10.1. The van der Waals surface area contributed by atoms with Gasteiger partial charge in [0.1, 0.15) is 12.4 Å². The van der Waals surface area contributed by atoms with Crippen LogP contribution >= 0.6 is 0 Å². The van der Waals surface area contributed by atoms with E-state index in [4.69, 9.17) is 0 Å². The summed E-state index contributed by atoms with van der Waals surface area (Å²) in [6.07, 6.45) is 6.46. The van der Waals surface area contributed by atoms with Crippen molar-refractivity contribution in [1.29, 1.82) is 0 Å². The summed E-state index contributed by atoms with van der Waals surface area (Å²) in [4.78, 5) is 31.9. The second kappa shape index (κ2) is 8.06. The summed E-state index contributed by atoms with van der Waals surface area (Å²) in [5, 5.41) is 7.15. The maximum atomic E-state index is 12.6. The van der Waals surface area contributed by atoms with E-state index in [1.165, 1.54) is 17.2 Å². The van der Waals surface area contributed by atoms with Crippen LogP contribution in [0, 0.1) is 13.8 Å². The maximum absolute atomic E-state index is 12.6. The topological polar surface area (TPSA) is 84.5 Å². The molecule has 0 radical (unpaired) electrons. The lowest BCUT2D eigenvalue weighted by Gasteiger charge is -2.20. The molecule has 0 unspecified atom stereocenters. The van der Waals surface area contributed by atoms with Crippen molar-refractivity contribution in [3.63, 3.8) is 0 Å². The highest BCUT2D eigenvalue weighted by atomic mass is 16.2. The molecule has 4 rings (SSSR count). The number of anilines is 2. The van der Waals surface area contributed by atoms with Gasteiger partial charge in [0.2, 0.25) is 5.91 Å². The Morgan fingerprint density at radius 1 is 1.10 bits per heavy atom. The summed E-state index contributed by atoms with van der Waals surface area (Å²) < 4.78 is 2.54. The fraction of sp³-hybridized carbons (Fsp3) is 0.429. The number of amides is 1. The number of aromatic nitrogens is 4. The molecule has 0 spiro atoms. The molecule has 1 fully saturated rings. The molecule has 1 aromatic carbocycles. The lowest BCUT2D eigenvalue weighted by Crippen LogP contribution is -2.28. The Morgan fingerprint density at radius 2 is 1.86 bits per heavy atom. The van der Waals surface area contributed by atoms with E-state index < -0.39 is 0 Å². The van der Waals surface area contributed by atoms with Crippen molar-refractivity contribution in [2.75, 3.05) is 23.3 Å². The first kappa shape index (κ1) is 19.2. The lowest BCUT2D eigenvalue weighted by atomic mass is 10.1. The van der Waals surface area contributed by atoms with Crippen LogP contribution in [0.5, 0.6) is 0 Å². The van der Waals surface area contributed by atoms with Gasteiger partial charge in [0.25, 0.3) is 5.78 Å². The van der Waals surface area contributed by atoms with Crippen LogP contribution in [-0.4, -0.2) is 38.2 Å². The zero-order valence-electron chi connectivity index (χ0n) is 16.9. The molecule has 1 saturated heterocycles. The SMILES string of the molecule is Cc1cccc(NC(=O)Cn2nc3nc(N4CCCCCC4)ccn3c2=O)c1C. The smallest absolute Gasteiger partial charge is 0.352 e. The molecule has 3 heterocycles. The third kappa shape index (κ3) is 4.01. The summed E-state index contributed by atoms with van der Waals surface area (Å²) in [6, 6.07) is 7.58. The van der Waals surface area contributed by atoms with Crippen LogP contribution in [0.4, 0.5) is 11.5 Å². The van der Waals surface area contributed by atoms with Crippen molar-refractivity contribution in [3.8, 4) is 0 Å². The Hall–Kier alpha value is -3.16. The molecule has 8 nitrogen and oxygen atoms in total. The monoisotopic (exact) mass is 394 g/mol. The van der Waals surface area contributed by atoms with Crippen LogP contribution in [0.1, 0.15) is 36.8 Å². The number of aryl methyl sites for hydroxylation is 1. The second-order valence-corrected chi connectivity index (χ2v) is 7.59. The molecular formula is C21H26N6O2. The van der Waals surface area contributed by atoms with Crippen LogP contribution in [0.3, 0.4) is 0 Å². The standard InChI is InChI=1S/C21H26N6O2/c1-15-8-7-9-17(16(15)2)22-19(28)14-27-21(29)26-13-10-18(23-20(26)24-27)25-11-5-3-4-6-12-25/h7-10,13H,3-6,11-12,14H2,1-2H3,(H,22,28). The molecule has 1 amide bonds. The van der Waals surface area contributed by atoms with Crippen LogP contribution in [-0.2, 0) is 11.3 Å². The van der Waals surface area contributed by atoms with Gasteiger partial charge in [0.05, 0.1) is 0 Å². The Bertz CT molecular complexity index is 1090. The predicted octanol–water partition coefficient (Wildman–Crippen LogP) is 2.53. The Balaban J connectivity index is 1.54. The zero-order chi connectivity index (χ0) is 20.4. The van der Waals surface area contributed by atoms with Gasteiger partial charge in [-0.1, -0.05) is 25.0 Å². The fourth-order valence-corrected chi connectivity index (χ4v) is 3.69. The van der Waals surface area contributed by atoms with Crippen molar-refractivity contribution < 1.29 is 4.79 Å². The van der Waals surface area contributed by atoms with Gasteiger partial charge in [-0.2, -0.15) is 4.98 Å². The van der Waals surface area contributed by atoms with Crippen LogP contribution in [0.25, 0.3) is 5.78 Å². The Kier molecular flexibility index (Phi) is 5.33. The molecule has 8 heteroatoms. The molecule has 0 saturated carbocycles. The number of fused-ring (bicyclic) bond motifs is 1. The average molecular weight is 394 g/mol. The number of nitrogens with zero attached hydrogens (tertiary/aromatic N) is 5. The van der Waals surface area contributed by atoms with Gasteiger partial charge in [0.15, 0.2) is 0 Å². The lowest BCUT2D eigenvalue weighted by molar-refractivity contribution is -0.117. The van der Waals surface area contributed by atoms with E-state index in [0.717, 1.165) is 53.2 Å². The van der Waals surface area contributed by atoms with Gasteiger partial charge in [-0.3, -0.25) is 4.79 Å². The van der Waals surface area contributed by atoms with E-state index in [1.807, 2.05) is 38.1 Å². The quantitative estimate of drug-likeness (QED) is 0.735. The molecule has 0 atom stereocenters. The van der Waals surface area contributed by atoms with E-state index in [1.54, 1.807) is 6.20 Å². The molecular weight excluding hydrogens is 368 g/mol. The van der Waals surface area contributed by atoms with Crippen LogP contribution < -0.4 is 15.9 Å². The molecule has 1 aliphatic rings. The van der Waals surface area contributed by atoms with Crippen molar-refractivity contribution >= 4 is 23.2 Å². The van der Waals surface area contributed by atoms with Crippen molar-refractivity contribution in [3.05, 3.63) is 52.1 Å². The molecule has 29 heavy (non-hydrogen) atoms. The van der Waals surface area contributed by atoms with Crippen LogP contribution in [0.2, 0.25) is 0 Å². The normalized spacial score (nSPS) is 14.8. The van der Waals surface area contributed by atoms with Gasteiger partial charge in [-0.25, -0.2) is 13.9 Å². The van der Waals surface area contributed by atoms with Gasteiger partial charge in [0, 0.05) is 25.0 Å².